The van der Waals surface area contributed by atoms with Crippen molar-refractivity contribution in [3.8, 4) is 22.8 Å². The lowest BCUT2D eigenvalue weighted by molar-refractivity contribution is -0.274. The molecule has 12 heteroatoms. The zero-order valence-electron chi connectivity index (χ0n) is 21.3. The Morgan fingerprint density at radius 3 is 2.58 bits per heavy atom. The lowest BCUT2D eigenvalue weighted by atomic mass is 10.0. The Hall–Kier alpha value is -4.38. The predicted molar refractivity (Wildman–Crippen MR) is 142 cm³/mol. The van der Waals surface area contributed by atoms with Crippen LogP contribution in [0.1, 0.15) is 47.0 Å². The van der Waals surface area contributed by atoms with Gasteiger partial charge in [-0.2, -0.15) is 0 Å². The molecule has 1 aromatic heterocycles. The number of nitrogens with one attached hydrogen (secondary N) is 1. The molecule has 0 saturated heterocycles. The van der Waals surface area contributed by atoms with Gasteiger partial charge in [0.1, 0.15) is 29.6 Å². The molecule has 40 heavy (non-hydrogen) atoms. The number of hydrogen-bond acceptors (Lipinski definition) is 7. The fraction of sp³-hybridized carbons (Fsp3) is 0.214. The first-order valence-electron chi connectivity index (χ1n) is 12.0. The summed E-state index contributed by atoms with van der Waals surface area (Å²) in [5.74, 6) is -0.508. The molecule has 1 heterocycles. The molecule has 0 radical (unpaired) electrons. The highest BCUT2D eigenvalue weighted by atomic mass is 35.5. The van der Waals surface area contributed by atoms with Crippen molar-refractivity contribution in [3.05, 3.63) is 99.1 Å². The molecule has 1 N–H and O–H groups in total. The highest BCUT2D eigenvalue weighted by Gasteiger charge is 2.33. The van der Waals surface area contributed by atoms with Gasteiger partial charge < -0.3 is 19.3 Å². The average molecular weight is 574 g/mol. The number of hydrogen-bond donors (Lipinski definition) is 1. The molecule has 8 nitrogen and oxygen atoms in total. The Labute approximate surface area is 232 Å². The Balaban J connectivity index is 1.51. The van der Waals surface area contributed by atoms with Gasteiger partial charge >= 0.3 is 12.3 Å². The maximum Gasteiger partial charge on any atom is 0.573 e. The van der Waals surface area contributed by atoms with E-state index in [9.17, 15) is 22.9 Å². The smallest absolute Gasteiger partial charge is 0.489 e. The van der Waals surface area contributed by atoms with Gasteiger partial charge in [-0.15, -0.1) is 18.1 Å². The molecule has 0 aliphatic heterocycles. The van der Waals surface area contributed by atoms with E-state index < -0.39 is 18.0 Å². The summed E-state index contributed by atoms with van der Waals surface area (Å²) >= 11 is 6.47. The molecule has 0 atom stereocenters. The summed E-state index contributed by atoms with van der Waals surface area (Å²) in [6, 6.07) is 17.1. The van der Waals surface area contributed by atoms with Crippen molar-refractivity contribution >= 4 is 23.2 Å². The first-order valence-corrected chi connectivity index (χ1v) is 12.4. The number of para-hydroxylation sites is 1. The third kappa shape index (κ3) is 6.97. The number of carbonyl (C=O) groups is 1. The first kappa shape index (κ1) is 28.6. The number of nitroso groups, excluding NO2 is 1. The van der Waals surface area contributed by atoms with Gasteiger partial charge in [-0.3, -0.25) is 4.79 Å². The van der Waals surface area contributed by atoms with E-state index in [2.05, 4.69) is 20.4 Å². The van der Waals surface area contributed by atoms with Crippen LogP contribution in [0.2, 0.25) is 5.02 Å². The van der Waals surface area contributed by atoms with Crippen molar-refractivity contribution in [1.82, 2.24) is 5.16 Å². The minimum absolute atomic E-state index is 0.0494. The molecule has 0 saturated carbocycles. The molecule has 0 bridgehead atoms. The molecule has 4 rings (SSSR count). The summed E-state index contributed by atoms with van der Waals surface area (Å²) in [6.07, 6.45) is -4.88. The zero-order chi connectivity index (χ0) is 28.9. The van der Waals surface area contributed by atoms with E-state index in [4.69, 9.17) is 20.9 Å². The number of aromatic nitrogens is 1. The van der Waals surface area contributed by atoms with Gasteiger partial charge in [0.05, 0.1) is 5.56 Å². The van der Waals surface area contributed by atoms with Crippen molar-refractivity contribution in [3.63, 3.8) is 0 Å². The lowest BCUT2D eigenvalue weighted by Gasteiger charge is -2.14. The summed E-state index contributed by atoms with van der Waals surface area (Å²) in [4.78, 5) is 22.0. The third-order valence-electron chi connectivity index (χ3n) is 5.79. The molecule has 1 amide bonds. The number of amides is 1. The van der Waals surface area contributed by atoms with Gasteiger partial charge in [0.15, 0.2) is 0 Å². The lowest BCUT2D eigenvalue weighted by Crippen LogP contribution is -2.17. The standard InChI is InChI=1S/C28H23ClF3N3O5/c1-16(2)26-22(25(35-40-26)21-8-3-4-9-24(21)39-28(30,31)32)15-38-20-11-10-18(23(29)13-20)14-33-19-7-5-6-17(12-19)27(36)34-37/h3-13,16,33H,14-15H2,1-2H3. The van der Waals surface area contributed by atoms with Crippen molar-refractivity contribution in [2.45, 2.75) is 39.3 Å². The number of ether oxygens (including phenoxy) is 2. The van der Waals surface area contributed by atoms with E-state index in [0.717, 1.165) is 5.56 Å². The number of alkyl halides is 3. The second-order valence-electron chi connectivity index (χ2n) is 8.95. The molecule has 0 fully saturated rings. The molecule has 0 unspecified atom stereocenters. The molecular weight excluding hydrogens is 551 g/mol. The average Bonchev–Trinajstić information content (AvgIpc) is 3.34. The zero-order valence-corrected chi connectivity index (χ0v) is 22.0. The SMILES string of the molecule is CC(C)c1onc(-c2ccccc2OC(F)(F)F)c1COc1ccc(CNc2cccc(C(=O)N=O)c2)c(Cl)c1. The first-order chi connectivity index (χ1) is 19.1. The monoisotopic (exact) mass is 573 g/mol. The van der Waals surface area contributed by atoms with Crippen molar-refractivity contribution in [2.75, 3.05) is 5.32 Å². The van der Waals surface area contributed by atoms with Crippen LogP contribution < -0.4 is 14.8 Å². The number of halogens is 4. The number of anilines is 1. The topological polar surface area (TPSA) is 103 Å². The summed E-state index contributed by atoms with van der Waals surface area (Å²) in [6.45, 7) is 4.00. The van der Waals surface area contributed by atoms with E-state index in [1.165, 1.54) is 30.3 Å². The van der Waals surface area contributed by atoms with Gasteiger partial charge in [0, 0.05) is 39.5 Å². The van der Waals surface area contributed by atoms with Crippen LogP contribution in [0.15, 0.2) is 76.4 Å². The van der Waals surface area contributed by atoms with Crippen molar-refractivity contribution < 1.29 is 32.0 Å². The van der Waals surface area contributed by atoms with E-state index in [0.29, 0.717) is 34.3 Å². The minimum Gasteiger partial charge on any atom is -0.489 e. The van der Waals surface area contributed by atoms with Crippen LogP contribution in [0.3, 0.4) is 0 Å². The van der Waals surface area contributed by atoms with E-state index in [1.54, 1.807) is 36.4 Å². The van der Waals surface area contributed by atoms with Gasteiger partial charge in [-0.05, 0) is 48.0 Å². The summed E-state index contributed by atoms with van der Waals surface area (Å²) < 4.78 is 54.6. The van der Waals surface area contributed by atoms with Crippen LogP contribution in [0, 0.1) is 4.91 Å². The van der Waals surface area contributed by atoms with Gasteiger partial charge in [-0.1, -0.05) is 54.9 Å². The molecule has 0 spiro atoms. The minimum atomic E-state index is -4.88. The van der Waals surface area contributed by atoms with Crippen LogP contribution in [0.25, 0.3) is 11.3 Å². The number of rotatable bonds is 10. The number of carbonyl (C=O) groups excluding carboxylic acids is 1. The maximum atomic E-state index is 13.0. The van der Waals surface area contributed by atoms with E-state index in [-0.39, 0.29) is 29.3 Å². The quantitative estimate of drug-likeness (QED) is 0.191. The molecule has 3 aromatic carbocycles. The second kappa shape index (κ2) is 12.2. The molecule has 4 aromatic rings. The third-order valence-corrected chi connectivity index (χ3v) is 6.15. The normalized spacial score (nSPS) is 11.4. The van der Waals surface area contributed by atoms with Crippen LogP contribution in [-0.2, 0) is 13.2 Å². The Kier molecular flexibility index (Phi) is 8.73. The Bertz CT molecular complexity index is 1520. The summed E-state index contributed by atoms with van der Waals surface area (Å²) in [5, 5.41) is 9.98. The molecule has 0 aliphatic carbocycles. The number of nitrogens with zero attached hydrogens (tertiary/aromatic N) is 2. The van der Waals surface area contributed by atoms with Gasteiger partial charge in [0.25, 0.3) is 0 Å². The van der Waals surface area contributed by atoms with Crippen LogP contribution in [0.5, 0.6) is 11.5 Å². The van der Waals surface area contributed by atoms with Crippen molar-refractivity contribution in [2.24, 2.45) is 5.18 Å². The van der Waals surface area contributed by atoms with Gasteiger partial charge in [-0.25, -0.2) is 0 Å². The predicted octanol–water partition coefficient (Wildman–Crippen LogP) is 8.11. The highest BCUT2D eigenvalue weighted by Crippen LogP contribution is 2.38. The Morgan fingerprint density at radius 2 is 1.88 bits per heavy atom. The maximum absolute atomic E-state index is 13.0. The van der Waals surface area contributed by atoms with Crippen LogP contribution in [-0.4, -0.2) is 17.4 Å². The summed E-state index contributed by atoms with van der Waals surface area (Å²) in [5.41, 5.74) is 2.27. The number of benzene rings is 3. The Morgan fingerprint density at radius 1 is 1.10 bits per heavy atom. The fourth-order valence-corrected chi connectivity index (χ4v) is 4.17. The largest absolute Gasteiger partial charge is 0.573 e. The molecule has 0 aliphatic rings. The molecule has 208 valence electrons. The van der Waals surface area contributed by atoms with Crippen LogP contribution >= 0.6 is 11.6 Å². The van der Waals surface area contributed by atoms with Gasteiger partial charge in [0.2, 0.25) is 0 Å². The van der Waals surface area contributed by atoms with Crippen LogP contribution in [0.4, 0.5) is 18.9 Å². The summed E-state index contributed by atoms with van der Waals surface area (Å²) in [7, 11) is 0. The molecular formula is C28H23ClF3N3O5. The highest BCUT2D eigenvalue weighted by molar-refractivity contribution is 6.31. The van der Waals surface area contributed by atoms with E-state index in [1.807, 2.05) is 13.8 Å². The van der Waals surface area contributed by atoms with E-state index >= 15 is 0 Å². The van der Waals surface area contributed by atoms with Crippen molar-refractivity contribution in [1.29, 1.82) is 0 Å². The second-order valence-corrected chi connectivity index (χ2v) is 9.35. The fourth-order valence-electron chi connectivity index (χ4n) is 3.93.